The molecule has 1 saturated heterocycles. The van der Waals surface area contributed by atoms with E-state index in [2.05, 4.69) is 45.7 Å². The molecule has 198 valence electrons. The fraction of sp³-hybridized carbons (Fsp3) is 0.235. The van der Waals surface area contributed by atoms with Crippen LogP contribution in [0, 0.1) is 13.8 Å². The highest BCUT2D eigenvalue weighted by molar-refractivity contribution is 5.95. The molecule has 1 fully saturated rings. The van der Waals surface area contributed by atoms with Crippen molar-refractivity contribution in [3.05, 3.63) is 124 Å². The predicted octanol–water partition coefficient (Wildman–Crippen LogP) is 6.27. The molecule has 0 unspecified atom stereocenters. The minimum Gasteiger partial charge on any atom is -0.338 e. The van der Waals surface area contributed by atoms with Gasteiger partial charge in [-0.05, 0) is 92.6 Å². The monoisotopic (exact) mass is 525 g/mol. The number of fused-ring (bicyclic) bond motifs is 3. The molecule has 40 heavy (non-hydrogen) atoms. The zero-order valence-electron chi connectivity index (χ0n) is 22.9. The van der Waals surface area contributed by atoms with Gasteiger partial charge in [0, 0.05) is 42.3 Å². The maximum atomic E-state index is 13.5. The van der Waals surface area contributed by atoms with Gasteiger partial charge < -0.3 is 4.90 Å². The van der Waals surface area contributed by atoms with Crippen molar-refractivity contribution in [1.29, 1.82) is 0 Å². The number of carbonyl (C=O) groups is 1. The summed E-state index contributed by atoms with van der Waals surface area (Å²) in [6.07, 6.45) is 9.21. The Morgan fingerprint density at radius 1 is 0.850 bits per heavy atom. The molecule has 1 aliphatic heterocycles. The number of likely N-dealkylation sites (tertiary alicyclic amines) is 1. The van der Waals surface area contributed by atoms with Crippen molar-refractivity contribution in [2.75, 3.05) is 13.1 Å². The third-order valence-corrected chi connectivity index (χ3v) is 8.33. The molecule has 0 atom stereocenters. The van der Waals surface area contributed by atoms with E-state index < -0.39 is 0 Å². The lowest BCUT2D eigenvalue weighted by Gasteiger charge is -2.30. The zero-order valence-corrected chi connectivity index (χ0v) is 22.9. The van der Waals surface area contributed by atoms with Crippen LogP contribution in [-0.4, -0.2) is 43.4 Å². The van der Waals surface area contributed by atoms with Gasteiger partial charge in [-0.3, -0.25) is 19.3 Å². The van der Waals surface area contributed by atoms with Crippen LogP contribution in [0.2, 0.25) is 0 Å². The highest BCUT2D eigenvalue weighted by Gasteiger charge is 2.27. The van der Waals surface area contributed by atoms with Crippen LogP contribution in [0.3, 0.4) is 0 Å². The summed E-state index contributed by atoms with van der Waals surface area (Å²) in [5.74, 6) is 0.979. The Kier molecular flexibility index (Phi) is 6.03. The molecule has 0 bridgehead atoms. The molecule has 0 N–H and O–H groups in total. The van der Waals surface area contributed by atoms with Gasteiger partial charge in [0.15, 0.2) is 0 Å². The third-order valence-electron chi connectivity index (χ3n) is 8.33. The van der Waals surface area contributed by atoms with E-state index in [-0.39, 0.29) is 5.91 Å². The SMILES string of the molecule is Cc1ccc2c(c1)CCc1cccnc1C2=C1CCN(C(=O)c2ccc(-n3c(C)nc4cnccc43)cc2)CC1. The van der Waals surface area contributed by atoms with Gasteiger partial charge in [-0.15, -0.1) is 0 Å². The van der Waals surface area contributed by atoms with Crippen molar-refractivity contribution < 1.29 is 4.79 Å². The first-order valence-electron chi connectivity index (χ1n) is 14.0. The van der Waals surface area contributed by atoms with E-state index >= 15 is 0 Å². The minimum atomic E-state index is 0.0856. The lowest BCUT2D eigenvalue weighted by atomic mass is 9.88. The van der Waals surface area contributed by atoms with E-state index in [1.54, 1.807) is 12.4 Å². The van der Waals surface area contributed by atoms with Crippen LogP contribution in [0.15, 0.2) is 84.8 Å². The number of aryl methyl sites for hydroxylation is 4. The Labute approximate surface area is 234 Å². The normalized spacial score (nSPS) is 15.1. The van der Waals surface area contributed by atoms with Crippen LogP contribution in [-0.2, 0) is 12.8 Å². The first kappa shape index (κ1) is 24.5. The molecule has 7 rings (SSSR count). The van der Waals surface area contributed by atoms with Gasteiger partial charge in [0.25, 0.3) is 5.91 Å². The van der Waals surface area contributed by atoms with Crippen molar-refractivity contribution in [1.82, 2.24) is 24.4 Å². The molecule has 0 saturated carbocycles. The van der Waals surface area contributed by atoms with Crippen LogP contribution in [0.5, 0.6) is 0 Å². The number of carbonyl (C=O) groups excluding carboxylic acids is 1. The number of imidazole rings is 1. The number of benzene rings is 2. The third kappa shape index (κ3) is 4.20. The summed E-state index contributed by atoms with van der Waals surface area (Å²) in [6, 6.07) is 20.9. The van der Waals surface area contributed by atoms with Gasteiger partial charge >= 0.3 is 0 Å². The first-order valence-corrected chi connectivity index (χ1v) is 14.0. The first-order chi connectivity index (χ1) is 19.6. The average molecular weight is 526 g/mol. The van der Waals surface area contributed by atoms with Crippen LogP contribution in [0.1, 0.15) is 57.0 Å². The highest BCUT2D eigenvalue weighted by Crippen LogP contribution is 2.38. The van der Waals surface area contributed by atoms with Gasteiger partial charge in [-0.1, -0.05) is 35.4 Å². The van der Waals surface area contributed by atoms with Gasteiger partial charge in [-0.25, -0.2) is 4.98 Å². The number of hydrogen-bond donors (Lipinski definition) is 0. The average Bonchev–Trinajstić information content (AvgIpc) is 3.24. The van der Waals surface area contributed by atoms with Crippen molar-refractivity contribution in [3.63, 3.8) is 0 Å². The highest BCUT2D eigenvalue weighted by atomic mass is 16.2. The Balaban J connectivity index is 1.15. The summed E-state index contributed by atoms with van der Waals surface area (Å²) in [7, 11) is 0. The quantitative estimate of drug-likeness (QED) is 0.273. The van der Waals surface area contributed by atoms with Crippen LogP contribution in [0.25, 0.3) is 22.3 Å². The summed E-state index contributed by atoms with van der Waals surface area (Å²) in [5, 5.41) is 0. The van der Waals surface area contributed by atoms with Crippen LogP contribution < -0.4 is 0 Å². The topological polar surface area (TPSA) is 63.9 Å². The van der Waals surface area contributed by atoms with Crippen LogP contribution in [0.4, 0.5) is 0 Å². The second kappa shape index (κ2) is 9.87. The lowest BCUT2D eigenvalue weighted by molar-refractivity contribution is 0.0744. The molecular formula is C34H31N5O. The minimum absolute atomic E-state index is 0.0856. The Bertz CT molecular complexity index is 1790. The molecular weight excluding hydrogens is 494 g/mol. The Morgan fingerprint density at radius 3 is 2.48 bits per heavy atom. The molecule has 5 aromatic rings. The second-order valence-electron chi connectivity index (χ2n) is 10.8. The largest absolute Gasteiger partial charge is 0.338 e. The molecule has 0 spiro atoms. The van der Waals surface area contributed by atoms with Gasteiger partial charge in [0.2, 0.25) is 0 Å². The molecule has 1 aliphatic carbocycles. The number of piperidine rings is 1. The Morgan fingerprint density at radius 2 is 1.65 bits per heavy atom. The smallest absolute Gasteiger partial charge is 0.253 e. The summed E-state index contributed by atoms with van der Waals surface area (Å²) in [5.41, 5.74) is 12.7. The van der Waals surface area contributed by atoms with E-state index in [0.29, 0.717) is 18.7 Å². The van der Waals surface area contributed by atoms with Gasteiger partial charge in [0.1, 0.15) is 11.3 Å². The maximum Gasteiger partial charge on any atom is 0.253 e. The summed E-state index contributed by atoms with van der Waals surface area (Å²) in [6.45, 7) is 5.57. The van der Waals surface area contributed by atoms with Crippen LogP contribution >= 0.6 is 0 Å². The molecule has 2 aromatic carbocycles. The van der Waals surface area contributed by atoms with Crippen molar-refractivity contribution in [2.24, 2.45) is 0 Å². The second-order valence-corrected chi connectivity index (χ2v) is 10.8. The molecule has 2 aliphatic rings. The number of aromatic nitrogens is 4. The molecule has 6 heteroatoms. The summed E-state index contributed by atoms with van der Waals surface area (Å²) in [4.78, 5) is 29.2. The van der Waals surface area contributed by atoms with Crippen molar-refractivity contribution >= 4 is 22.5 Å². The zero-order chi connectivity index (χ0) is 27.2. The fourth-order valence-electron chi connectivity index (χ4n) is 6.34. The van der Waals surface area contributed by atoms with E-state index in [1.165, 1.54) is 33.4 Å². The molecule has 6 nitrogen and oxygen atoms in total. The number of hydrogen-bond acceptors (Lipinski definition) is 4. The van der Waals surface area contributed by atoms with Gasteiger partial charge in [-0.2, -0.15) is 0 Å². The molecule has 0 radical (unpaired) electrons. The molecule has 1 amide bonds. The standard InChI is InChI=1S/C34H31N5O/c1-22-5-12-29-27(20-22)7-6-25-4-3-16-36-33(25)32(29)24-14-18-38(19-15-24)34(40)26-8-10-28(11-9-26)39-23(2)37-30-21-35-17-13-31(30)39/h3-5,8-13,16-17,20-21H,6-7,14-15,18-19H2,1-2H3. The summed E-state index contributed by atoms with van der Waals surface area (Å²) < 4.78 is 2.10. The molecule has 4 heterocycles. The van der Waals surface area contributed by atoms with E-state index in [9.17, 15) is 4.79 Å². The van der Waals surface area contributed by atoms with E-state index in [0.717, 1.165) is 53.9 Å². The van der Waals surface area contributed by atoms with E-state index in [1.807, 2.05) is 54.4 Å². The fourth-order valence-corrected chi connectivity index (χ4v) is 6.34. The molecule has 3 aromatic heterocycles. The van der Waals surface area contributed by atoms with Gasteiger partial charge in [0.05, 0.1) is 17.4 Å². The summed E-state index contributed by atoms with van der Waals surface area (Å²) >= 11 is 0. The number of nitrogens with zero attached hydrogens (tertiary/aromatic N) is 5. The van der Waals surface area contributed by atoms with Crippen molar-refractivity contribution in [3.8, 4) is 5.69 Å². The predicted molar refractivity (Wildman–Crippen MR) is 158 cm³/mol. The number of amides is 1. The number of pyridine rings is 2. The van der Waals surface area contributed by atoms with Crippen molar-refractivity contribution in [2.45, 2.75) is 39.5 Å². The maximum absolute atomic E-state index is 13.5. The van der Waals surface area contributed by atoms with E-state index in [4.69, 9.17) is 4.98 Å². The number of rotatable bonds is 2. The Hall–Kier alpha value is -4.58. The lowest BCUT2D eigenvalue weighted by Crippen LogP contribution is -2.36.